The number of fused-ring (bicyclic) bond motifs is 1. The second-order valence-corrected chi connectivity index (χ2v) is 7.53. The van der Waals surface area contributed by atoms with Gasteiger partial charge in [0.1, 0.15) is 5.82 Å². The van der Waals surface area contributed by atoms with E-state index in [1.165, 1.54) is 11.8 Å². The molecule has 146 valence electrons. The number of nitrogens with one attached hydrogen (secondary N) is 3. The SMILES string of the molecule is O=C1C[C@H](C(=O)Nc2ccccc2)c2c(nc(SCc3ccccc3)[nH]c2=O)N1. The van der Waals surface area contributed by atoms with Crippen molar-refractivity contribution in [3.05, 3.63) is 82.1 Å². The number of para-hydroxylation sites is 1. The van der Waals surface area contributed by atoms with E-state index in [1.54, 1.807) is 24.3 Å². The molecule has 2 amide bonds. The highest BCUT2D eigenvalue weighted by molar-refractivity contribution is 7.98. The molecule has 0 fully saturated rings. The van der Waals surface area contributed by atoms with E-state index in [9.17, 15) is 14.4 Å². The summed E-state index contributed by atoms with van der Waals surface area (Å²) < 4.78 is 0. The topological polar surface area (TPSA) is 104 Å². The van der Waals surface area contributed by atoms with E-state index in [2.05, 4.69) is 20.6 Å². The number of anilines is 2. The fraction of sp³-hybridized carbons (Fsp3) is 0.143. The first kappa shape index (κ1) is 18.9. The molecule has 0 saturated carbocycles. The predicted octanol–water partition coefficient (Wildman–Crippen LogP) is 3.13. The van der Waals surface area contributed by atoms with Gasteiger partial charge in [0, 0.05) is 17.9 Å². The summed E-state index contributed by atoms with van der Waals surface area (Å²) in [5.41, 5.74) is 1.45. The van der Waals surface area contributed by atoms with Crippen molar-refractivity contribution in [2.75, 3.05) is 10.6 Å². The molecule has 2 aromatic carbocycles. The number of H-pyrrole nitrogens is 1. The fourth-order valence-corrected chi connectivity index (χ4v) is 3.94. The molecule has 0 bridgehead atoms. The van der Waals surface area contributed by atoms with Crippen LogP contribution < -0.4 is 16.2 Å². The summed E-state index contributed by atoms with van der Waals surface area (Å²) in [7, 11) is 0. The van der Waals surface area contributed by atoms with Crippen molar-refractivity contribution in [1.82, 2.24) is 9.97 Å². The van der Waals surface area contributed by atoms with Gasteiger partial charge in [-0.1, -0.05) is 60.3 Å². The van der Waals surface area contributed by atoms with Crippen molar-refractivity contribution >= 4 is 35.1 Å². The highest BCUT2D eigenvalue weighted by Gasteiger charge is 2.34. The smallest absolute Gasteiger partial charge is 0.257 e. The number of hydrogen-bond acceptors (Lipinski definition) is 5. The number of amides is 2. The Bertz CT molecular complexity index is 1100. The molecule has 0 saturated heterocycles. The Morgan fingerprint density at radius 1 is 1.07 bits per heavy atom. The molecule has 3 aromatic rings. The third-order valence-corrected chi connectivity index (χ3v) is 5.45. The van der Waals surface area contributed by atoms with Crippen molar-refractivity contribution in [2.24, 2.45) is 0 Å². The lowest BCUT2D eigenvalue weighted by Crippen LogP contribution is -2.36. The highest BCUT2D eigenvalue weighted by atomic mass is 32.2. The second-order valence-electron chi connectivity index (χ2n) is 6.57. The van der Waals surface area contributed by atoms with Crippen molar-refractivity contribution in [1.29, 1.82) is 0 Å². The Morgan fingerprint density at radius 3 is 2.48 bits per heavy atom. The molecule has 1 aromatic heterocycles. The third-order valence-electron chi connectivity index (χ3n) is 4.51. The molecule has 0 aliphatic carbocycles. The van der Waals surface area contributed by atoms with Gasteiger partial charge in [-0.2, -0.15) is 0 Å². The molecule has 3 N–H and O–H groups in total. The van der Waals surface area contributed by atoms with E-state index in [4.69, 9.17) is 0 Å². The summed E-state index contributed by atoms with van der Waals surface area (Å²) in [5.74, 6) is -0.890. The minimum absolute atomic E-state index is 0.104. The number of carbonyl (C=O) groups is 2. The average Bonchev–Trinajstić information content (AvgIpc) is 2.73. The summed E-state index contributed by atoms with van der Waals surface area (Å²) in [6, 6.07) is 18.7. The lowest BCUT2D eigenvalue weighted by atomic mass is 9.92. The maximum absolute atomic E-state index is 12.7. The number of nitrogens with zero attached hydrogens (tertiary/aromatic N) is 1. The first-order chi connectivity index (χ1) is 14.1. The maximum Gasteiger partial charge on any atom is 0.257 e. The van der Waals surface area contributed by atoms with Gasteiger partial charge >= 0.3 is 0 Å². The van der Waals surface area contributed by atoms with Crippen molar-refractivity contribution < 1.29 is 9.59 Å². The van der Waals surface area contributed by atoms with Crippen LogP contribution in [0.2, 0.25) is 0 Å². The molecule has 1 atom stereocenters. The predicted molar refractivity (Wildman–Crippen MR) is 112 cm³/mol. The quantitative estimate of drug-likeness (QED) is 0.446. The zero-order valence-corrected chi connectivity index (χ0v) is 16.2. The summed E-state index contributed by atoms with van der Waals surface area (Å²) in [5, 5.41) is 5.77. The first-order valence-corrected chi connectivity index (χ1v) is 10.1. The van der Waals surface area contributed by atoms with Gasteiger partial charge in [-0.05, 0) is 17.7 Å². The number of carbonyl (C=O) groups excluding carboxylic acids is 2. The largest absolute Gasteiger partial charge is 0.326 e. The van der Waals surface area contributed by atoms with Crippen LogP contribution >= 0.6 is 11.8 Å². The van der Waals surface area contributed by atoms with Crippen molar-refractivity contribution in [3.8, 4) is 0 Å². The number of hydrogen-bond donors (Lipinski definition) is 3. The van der Waals surface area contributed by atoms with E-state index in [0.29, 0.717) is 16.6 Å². The van der Waals surface area contributed by atoms with Gasteiger partial charge < -0.3 is 15.6 Å². The highest BCUT2D eigenvalue weighted by Crippen LogP contribution is 2.30. The molecule has 8 heteroatoms. The summed E-state index contributed by atoms with van der Waals surface area (Å²) in [6.07, 6.45) is -0.104. The molecule has 4 rings (SSSR count). The Kier molecular flexibility index (Phi) is 5.44. The van der Waals surface area contributed by atoms with Crippen LogP contribution in [0.1, 0.15) is 23.5 Å². The van der Waals surface area contributed by atoms with Gasteiger partial charge in [0.05, 0.1) is 11.5 Å². The second kappa shape index (κ2) is 8.32. The van der Waals surface area contributed by atoms with Crippen molar-refractivity contribution in [3.63, 3.8) is 0 Å². The van der Waals surface area contributed by atoms with Crippen LogP contribution in [0.15, 0.2) is 70.6 Å². The van der Waals surface area contributed by atoms with Gasteiger partial charge in [0.15, 0.2) is 5.16 Å². The summed E-state index contributed by atoms with van der Waals surface area (Å²) in [4.78, 5) is 44.7. The number of benzene rings is 2. The normalized spacial score (nSPS) is 15.3. The minimum Gasteiger partial charge on any atom is -0.326 e. The van der Waals surface area contributed by atoms with Crippen LogP contribution in [-0.4, -0.2) is 21.8 Å². The Morgan fingerprint density at radius 2 is 1.76 bits per heavy atom. The lowest BCUT2D eigenvalue weighted by molar-refractivity contribution is -0.123. The Hall–Kier alpha value is -3.39. The zero-order chi connectivity index (χ0) is 20.2. The van der Waals surface area contributed by atoms with Gasteiger partial charge in [-0.25, -0.2) is 4.98 Å². The Balaban J connectivity index is 1.58. The van der Waals surface area contributed by atoms with Crippen LogP contribution in [0.4, 0.5) is 11.5 Å². The molecule has 0 radical (unpaired) electrons. The van der Waals surface area contributed by atoms with Gasteiger partial charge in [-0.15, -0.1) is 0 Å². The van der Waals surface area contributed by atoms with E-state index in [0.717, 1.165) is 5.56 Å². The van der Waals surface area contributed by atoms with Crippen molar-refractivity contribution in [2.45, 2.75) is 23.2 Å². The van der Waals surface area contributed by atoms with Gasteiger partial charge in [0.2, 0.25) is 11.8 Å². The fourth-order valence-electron chi connectivity index (χ4n) is 3.12. The maximum atomic E-state index is 12.7. The van der Waals surface area contributed by atoms with Crippen LogP contribution in [0.25, 0.3) is 0 Å². The average molecular weight is 406 g/mol. The molecule has 1 aliphatic rings. The molecule has 0 spiro atoms. The molecule has 1 aliphatic heterocycles. The minimum atomic E-state index is -0.900. The van der Waals surface area contributed by atoms with E-state index >= 15 is 0 Å². The molecule has 2 heterocycles. The number of aromatic amines is 1. The number of rotatable bonds is 5. The third kappa shape index (κ3) is 4.38. The molecule has 29 heavy (non-hydrogen) atoms. The molecular formula is C21H18N4O3S. The van der Waals surface area contributed by atoms with Gasteiger partial charge in [-0.3, -0.25) is 14.4 Å². The summed E-state index contributed by atoms with van der Waals surface area (Å²) in [6.45, 7) is 0. The monoisotopic (exact) mass is 406 g/mol. The lowest BCUT2D eigenvalue weighted by Gasteiger charge is -2.23. The van der Waals surface area contributed by atoms with Gasteiger partial charge in [0.25, 0.3) is 5.56 Å². The van der Waals surface area contributed by atoms with Crippen LogP contribution in [0.5, 0.6) is 0 Å². The number of thioether (sulfide) groups is 1. The molecular weight excluding hydrogens is 388 g/mol. The van der Waals surface area contributed by atoms with E-state index in [1.807, 2.05) is 36.4 Å². The van der Waals surface area contributed by atoms with E-state index < -0.39 is 17.4 Å². The number of aromatic nitrogens is 2. The van der Waals surface area contributed by atoms with Crippen LogP contribution in [-0.2, 0) is 15.3 Å². The standard InChI is InChI=1S/C21H18N4O3S/c26-16-11-15(19(27)22-14-9-5-2-6-10-14)17-18(23-16)24-21(25-20(17)28)29-12-13-7-3-1-4-8-13/h1-10,15H,11-12H2,(H,22,27)(H2,23,24,25,26,28)/t15-/m0/s1. The van der Waals surface area contributed by atoms with Crippen LogP contribution in [0.3, 0.4) is 0 Å². The molecule has 7 nitrogen and oxygen atoms in total. The Labute approximate surface area is 171 Å². The summed E-state index contributed by atoms with van der Waals surface area (Å²) >= 11 is 1.36. The van der Waals surface area contributed by atoms with E-state index in [-0.39, 0.29) is 23.7 Å². The first-order valence-electron chi connectivity index (χ1n) is 9.07. The molecule has 0 unspecified atom stereocenters. The zero-order valence-electron chi connectivity index (χ0n) is 15.3. The van der Waals surface area contributed by atoms with Crippen LogP contribution in [0, 0.1) is 0 Å².